The Morgan fingerprint density at radius 2 is 1.60 bits per heavy atom. The molecule has 4 nitrogen and oxygen atoms in total. The molecule has 0 rings (SSSR count). The van der Waals surface area contributed by atoms with Crippen LogP contribution in [0.5, 0.6) is 0 Å². The molecule has 0 atom stereocenters. The highest BCUT2D eigenvalue weighted by Gasteiger charge is 1.95. The molecule has 0 saturated heterocycles. The molecule has 0 saturated carbocycles. The van der Waals surface area contributed by atoms with Gasteiger partial charge in [0.25, 0.3) is 0 Å². The Hall–Kier alpha value is -2.10. The second kappa shape index (κ2) is 13.3. The predicted octanol–water partition coefficient (Wildman–Crippen LogP) is 3.42. The van der Waals surface area contributed by atoms with Crippen molar-refractivity contribution >= 4 is 11.9 Å². The minimum Gasteiger partial charge on any atom is -0.478 e. The number of rotatable bonds is 10. The van der Waals surface area contributed by atoms with Gasteiger partial charge in [0.15, 0.2) is 0 Å². The highest BCUT2D eigenvalue weighted by atomic mass is 16.5. The SMILES string of the molecule is COC(=O)CC/C=C/CCC/C=C/C=C/C=C\C(=O)O. The summed E-state index contributed by atoms with van der Waals surface area (Å²) in [7, 11) is 1.39. The first kappa shape index (κ1) is 17.9. The quantitative estimate of drug-likeness (QED) is 0.219. The van der Waals surface area contributed by atoms with E-state index in [-0.39, 0.29) is 5.97 Å². The fourth-order valence-electron chi connectivity index (χ4n) is 1.33. The molecular formula is C16H22O4. The number of methoxy groups -OCH3 is 1. The Morgan fingerprint density at radius 1 is 0.950 bits per heavy atom. The molecule has 0 aromatic rings. The summed E-state index contributed by atoms with van der Waals surface area (Å²) in [6.07, 6.45) is 18.2. The third-order valence-corrected chi connectivity index (χ3v) is 2.36. The molecule has 0 aliphatic carbocycles. The predicted molar refractivity (Wildman–Crippen MR) is 79.3 cm³/mol. The Balaban J connectivity index is 3.50. The summed E-state index contributed by atoms with van der Waals surface area (Å²) >= 11 is 0. The monoisotopic (exact) mass is 278 g/mol. The molecule has 0 amide bonds. The molecule has 0 radical (unpaired) electrons. The largest absolute Gasteiger partial charge is 0.478 e. The molecule has 0 aromatic carbocycles. The van der Waals surface area contributed by atoms with Crippen molar-refractivity contribution in [1.82, 2.24) is 0 Å². The summed E-state index contributed by atoms with van der Waals surface area (Å²) in [5, 5.41) is 8.35. The smallest absolute Gasteiger partial charge is 0.328 e. The Kier molecular flexibility index (Phi) is 11.9. The van der Waals surface area contributed by atoms with Crippen molar-refractivity contribution in [2.24, 2.45) is 0 Å². The molecule has 0 spiro atoms. The van der Waals surface area contributed by atoms with E-state index in [0.717, 1.165) is 31.8 Å². The molecule has 0 aliphatic rings. The normalized spacial score (nSPS) is 12.1. The molecule has 0 aromatic heterocycles. The molecule has 1 N–H and O–H groups in total. The maximum atomic E-state index is 10.8. The summed E-state index contributed by atoms with van der Waals surface area (Å²) in [6, 6.07) is 0. The zero-order valence-electron chi connectivity index (χ0n) is 11.8. The van der Waals surface area contributed by atoms with E-state index in [4.69, 9.17) is 5.11 Å². The lowest BCUT2D eigenvalue weighted by Crippen LogP contribution is -1.97. The van der Waals surface area contributed by atoms with E-state index in [2.05, 4.69) is 10.8 Å². The number of hydrogen-bond donors (Lipinski definition) is 1. The van der Waals surface area contributed by atoms with E-state index in [1.165, 1.54) is 13.2 Å². The van der Waals surface area contributed by atoms with Crippen LogP contribution in [0.1, 0.15) is 32.1 Å². The van der Waals surface area contributed by atoms with Crippen LogP contribution >= 0.6 is 0 Å². The van der Waals surface area contributed by atoms with Crippen LogP contribution < -0.4 is 0 Å². The number of allylic oxidation sites excluding steroid dienone is 7. The van der Waals surface area contributed by atoms with E-state index in [0.29, 0.717) is 6.42 Å². The van der Waals surface area contributed by atoms with Crippen molar-refractivity contribution in [2.45, 2.75) is 32.1 Å². The molecule has 0 aliphatic heterocycles. The second-order valence-corrected chi connectivity index (χ2v) is 4.03. The van der Waals surface area contributed by atoms with E-state index in [1.54, 1.807) is 12.2 Å². The standard InChI is InChI=1S/C16H22O4/c1-20-16(19)14-12-10-8-6-4-2-3-5-7-9-11-13-15(17)18/h3,5,7-11,13H,2,4,6,12,14H2,1H3,(H,17,18)/b5-3+,9-7+,10-8+,13-11-. The summed E-state index contributed by atoms with van der Waals surface area (Å²) in [4.78, 5) is 21.0. The van der Waals surface area contributed by atoms with Crippen LogP contribution in [0, 0.1) is 0 Å². The highest BCUT2D eigenvalue weighted by Crippen LogP contribution is 2.00. The van der Waals surface area contributed by atoms with Gasteiger partial charge in [0.2, 0.25) is 0 Å². The summed E-state index contributed by atoms with van der Waals surface area (Å²) in [6.45, 7) is 0. The van der Waals surface area contributed by atoms with Crippen molar-refractivity contribution in [3.8, 4) is 0 Å². The Morgan fingerprint density at radius 3 is 2.30 bits per heavy atom. The van der Waals surface area contributed by atoms with Gasteiger partial charge in [-0.15, -0.1) is 0 Å². The van der Waals surface area contributed by atoms with Crippen molar-refractivity contribution in [2.75, 3.05) is 7.11 Å². The first-order valence-electron chi connectivity index (χ1n) is 6.61. The van der Waals surface area contributed by atoms with Gasteiger partial charge in [-0.2, -0.15) is 0 Å². The molecule has 0 heterocycles. The van der Waals surface area contributed by atoms with Gasteiger partial charge >= 0.3 is 11.9 Å². The first-order chi connectivity index (χ1) is 9.66. The van der Waals surface area contributed by atoms with E-state index >= 15 is 0 Å². The van der Waals surface area contributed by atoms with Gasteiger partial charge < -0.3 is 9.84 Å². The molecule has 110 valence electrons. The van der Waals surface area contributed by atoms with Crippen molar-refractivity contribution in [3.63, 3.8) is 0 Å². The average molecular weight is 278 g/mol. The van der Waals surface area contributed by atoms with Gasteiger partial charge in [0.1, 0.15) is 0 Å². The van der Waals surface area contributed by atoms with Crippen LogP contribution in [-0.2, 0) is 14.3 Å². The fourth-order valence-corrected chi connectivity index (χ4v) is 1.33. The highest BCUT2D eigenvalue weighted by molar-refractivity contribution is 5.80. The Labute approximate surface area is 120 Å². The van der Waals surface area contributed by atoms with Gasteiger partial charge in [-0.25, -0.2) is 4.79 Å². The fraction of sp³-hybridized carbons (Fsp3) is 0.375. The van der Waals surface area contributed by atoms with Crippen molar-refractivity contribution in [1.29, 1.82) is 0 Å². The number of ether oxygens (including phenoxy) is 1. The molecule has 4 heteroatoms. The first-order valence-corrected chi connectivity index (χ1v) is 6.61. The number of aliphatic carboxylic acids is 1. The van der Waals surface area contributed by atoms with Crippen LogP contribution in [0.2, 0.25) is 0 Å². The number of hydrogen-bond acceptors (Lipinski definition) is 3. The number of unbranched alkanes of at least 4 members (excludes halogenated alkanes) is 2. The zero-order chi connectivity index (χ0) is 15.1. The lowest BCUT2D eigenvalue weighted by Gasteiger charge is -1.94. The minimum atomic E-state index is -0.947. The van der Waals surface area contributed by atoms with E-state index in [1.807, 2.05) is 18.2 Å². The van der Waals surface area contributed by atoms with Gasteiger partial charge in [-0.3, -0.25) is 4.79 Å². The van der Waals surface area contributed by atoms with Gasteiger partial charge in [0, 0.05) is 12.5 Å². The number of carbonyl (C=O) groups excluding carboxylic acids is 1. The number of carboxylic acids is 1. The summed E-state index contributed by atoms with van der Waals surface area (Å²) < 4.78 is 4.54. The lowest BCUT2D eigenvalue weighted by atomic mass is 10.2. The van der Waals surface area contributed by atoms with E-state index in [9.17, 15) is 9.59 Å². The lowest BCUT2D eigenvalue weighted by molar-refractivity contribution is -0.140. The van der Waals surface area contributed by atoms with Gasteiger partial charge in [0.05, 0.1) is 7.11 Å². The third kappa shape index (κ3) is 14.0. The number of carboxylic acid groups (broad SMARTS) is 1. The summed E-state index contributed by atoms with van der Waals surface area (Å²) in [5.41, 5.74) is 0. The van der Waals surface area contributed by atoms with Gasteiger partial charge in [-0.05, 0) is 25.7 Å². The maximum Gasteiger partial charge on any atom is 0.328 e. The molecule has 0 bridgehead atoms. The molecule has 0 fully saturated rings. The van der Waals surface area contributed by atoms with Crippen LogP contribution in [0.25, 0.3) is 0 Å². The summed E-state index contributed by atoms with van der Waals surface area (Å²) in [5.74, 6) is -1.13. The number of esters is 1. The topological polar surface area (TPSA) is 63.6 Å². The zero-order valence-corrected chi connectivity index (χ0v) is 11.8. The average Bonchev–Trinajstić information content (AvgIpc) is 2.43. The second-order valence-electron chi connectivity index (χ2n) is 4.03. The molecular weight excluding hydrogens is 256 g/mol. The molecule has 20 heavy (non-hydrogen) atoms. The minimum absolute atomic E-state index is 0.179. The van der Waals surface area contributed by atoms with Crippen LogP contribution in [-0.4, -0.2) is 24.2 Å². The van der Waals surface area contributed by atoms with Crippen LogP contribution in [0.15, 0.2) is 48.6 Å². The maximum absolute atomic E-state index is 10.8. The van der Waals surface area contributed by atoms with Gasteiger partial charge in [-0.1, -0.05) is 42.5 Å². The Bertz CT molecular complexity index is 389. The van der Waals surface area contributed by atoms with Crippen LogP contribution in [0.3, 0.4) is 0 Å². The van der Waals surface area contributed by atoms with Crippen molar-refractivity contribution < 1.29 is 19.4 Å². The molecule has 0 unspecified atom stereocenters. The van der Waals surface area contributed by atoms with Crippen LogP contribution in [0.4, 0.5) is 0 Å². The number of carbonyl (C=O) groups is 2. The third-order valence-electron chi connectivity index (χ3n) is 2.36. The van der Waals surface area contributed by atoms with E-state index < -0.39 is 5.97 Å². The van der Waals surface area contributed by atoms with Crippen molar-refractivity contribution in [3.05, 3.63) is 48.6 Å².